The fourth-order valence-corrected chi connectivity index (χ4v) is 1.11. The van der Waals surface area contributed by atoms with E-state index >= 15 is 0 Å². The first-order valence-corrected chi connectivity index (χ1v) is 3.13. The maximum Gasteiger partial charge on any atom is 0.145 e. The molecular formula is C2H2Cl2N2S. The molecule has 0 fully saturated rings. The van der Waals surface area contributed by atoms with Crippen LogP contribution in [0.15, 0.2) is 10.6 Å². The molecule has 0 saturated heterocycles. The van der Waals surface area contributed by atoms with Crippen LogP contribution in [0.5, 0.6) is 0 Å². The summed E-state index contributed by atoms with van der Waals surface area (Å²) in [5, 5.41) is 2.21. The molecule has 0 aromatic rings. The van der Waals surface area contributed by atoms with Crippen LogP contribution >= 0.6 is 35.3 Å². The van der Waals surface area contributed by atoms with E-state index in [1.54, 1.807) is 5.41 Å². The average Bonchev–Trinajstić information content (AvgIpc) is 1.91. The topological polar surface area (TPSA) is 15.3 Å². The summed E-state index contributed by atoms with van der Waals surface area (Å²) in [4.78, 5) is 2.66. The van der Waals surface area contributed by atoms with Gasteiger partial charge in [0.25, 0.3) is 0 Å². The Morgan fingerprint density at radius 1 is 1.86 bits per heavy atom. The van der Waals surface area contributed by atoms with E-state index < -0.39 is 0 Å². The van der Waals surface area contributed by atoms with Gasteiger partial charge in [0.2, 0.25) is 0 Å². The summed E-state index contributed by atoms with van der Waals surface area (Å²) in [7, 11) is 0. The minimum Gasteiger partial charge on any atom is -0.195 e. The van der Waals surface area contributed by atoms with Gasteiger partial charge in [-0.15, -0.1) is 0 Å². The molecule has 0 saturated carbocycles. The Labute approximate surface area is 55.7 Å². The van der Waals surface area contributed by atoms with Crippen molar-refractivity contribution in [1.29, 1.82) is 0 Å². The van der Waals surface area contributed by atoms with E-state index in [1.165, 1.54) is 16.5 Å². The predicted molar refractivity (Wildman–Crippen MR) is 32.4 cm³/mol. The lowest BCUT2D eigenvalue weighted by Crippen LogP contribution is -2.13. The van der Waals surface area contributed by atoms with Crippen LogP contribution < -0.4 is 4.83 Å². The summed E-state index contributed by atoms with van der Waals surface area (Å²) in [6, 6.07) is 0. The first-order valence-electron chi connectivity index (χ1n) is 1.53. The molecule has 0 bridgehead atoms. The molecule has 0 spiro atoms. The van der Waals surface area contributed by atoms with Crippen LogP contribution in [0.1, 0.15) is 0 Å². The van der Waals surface area contributed by atoms with E-state index in [4.69, 9.17) is 23.4 Å². The zero-order valence-electron chi connectivity index (χ0n) is 3.19. The molecule has 7 heavy (non-hydrogen) atoms. The minimum absolute atomic E-state index is 0.506. The molecule has 1 aliphatic heterocycles. The van der Waals surface area contributed by atoms with Gasteiger partial charge in [-0.2, -0.15) is 9.36 Å². The van der Waals surface area contributed by atoms with Gasteiger partial charge in [-0.3, -0.25) is 0 Å². The lowest BCUT2D eigenvalue weighted by molar-refractivity contribution is 0.584. The largest absolute Gasteiger partial charge is 0.195 e. The highest BCUT2D eigenvalue weighted by Crippen LogP contribution is 2.21. The molecule has 1 N–H and O–H groups in total. The number of halogens is 2. The molecule has 0 aliphatic carbocycles. The van der Waals surface area contributed by atoms with Crippen LogP contribution in [0, 0.1) is 0 Å². The van der Waals surface area contributed by atoms with E-state index in [-0.39, 0.29) is 0 Å². The molecule has 0 atom stereocenters. The summed E-state index contributed by atoms with van der Waals surface area (Å²) in [5.74, 6) is 0. The lowest BCUT2D eigenvalue weighted by Gasteiger charge is -2.02. The third-order valence-corrected chi connectivity index (χ3v) is 1.97. The summed E-state index contributed by atoms with van der Waals surface area (Å²) >= 11 is 12.1. The van der Waals surface area contributed by atoms with Gasteiger partial charge >= 0.3 is 0 Å². The van der Waals surface area contributed by atoms with Crippen molar-refractivity contribution in [3.63, 3.8) is 0 Å². The van der Waals surface area contributed by atoms with Crippen molar-refractivity contribution in [3.8, 4) is 0 Å². The van der Waals surface area contributed by atoms with Gasteiger partial charge in [0.15, 0.2) is 0 Å². The molecule has 5 heteroatoms. The summed E-state index contributed by atoms with van der Waals surface area (Å²) in [6.07, 6.45) is 0. The van der Waals surface area contributed by atoms with Crippen LogP contribution in [-0.4, -0.2) is 4.53 Å². The Morgan fingerprint density at radius 2 is 2.57 bits per heavy atom. The van der Waals surface area contributed by atoms with Crippen molar-refractivity contribution in [1.82, 2.24) is 9.36 Å². The highest BCUT2D eigenvalue weighted by atomic mass is 35.5. The summed E-state index contributed by atoms with van der Waals surface area (Å²) < 4.78 is 1.21. The van der Waals surface area contributed by atoms with Gasteiger partial charge < -0.3 is 0 Å². The molecule has 1 aliphatic rings. The number of hydrazine groups is 1. The zero-order chi connectivity index (χ0) is 5.28. The zero-order valence-corrected chi connectivity index (χ0v) is 5.52. The van der Waals surface area contributed by atoms with Gasteiger partial charge in [0.1, 0.15) is 5.16 Å². The molecule has 0 aromatic carbocycles. The molecule has 0 unspecified atom stereocenters. The van der Waals surface area contributed by atoms with Crippen molar-refractivity contribution in [2.75, 3.05) is 0 Å². The number of nitrogens with zero attached hydrogens (tertiary/aromatic N) is 1. The monoisotopic (exact) mass is 156 g/mol. The van der Waals surface area contributed by atoms with Crippen LogP contribution in [0.3, 0.4) is 0 Å². The van der Waals surface area contributed by atoms with Gasteiger partial charge in [-0.05, 0) is 11.9 Å². The Hall–Kier alpha value is 0.430. The maximum atomic E-state index is 5.43. The Morgan fingerprint density at radius 3 is 2.71 bits per heavy atom. The summed E-state index contributed by atoms with van der Waals surface area (Å²) in [6.45, 7) is 0. The van der Waals surface area contributed by atoms with E-state index in [0.717, 1.165) is 0 Å². The van der Waals surface area contributed by atoms with Crippen molar-refractivity contribution < 1.29 is 0 Å². The number of nitrogens with one attached hydrogen (secondary N) is 1. The first kappa shape index (κ1) is 5.56. The molecule has 1 rings (SSSR count). The van der Waals surface area contributed by atoms with Crippen molar-refractivity contribution >= 4 is 35.3 Å². The van der Waals surface area contributed by atoms with Crippen LogP contribution in [0.4, 0.5) is 0 Å². The summed E-state index contributed by atoms with van der Waals surface area (Å²) in [5.41, 5.74) is 0. The van der Waals surface area contributed by atoms with Gasteiger partial charge in [-0.25, -0.2) is 0 Å². The minimum atomic E-state index is 0.506. The fourth-order valence-electron chi connectivity index (χ4n) is 0.211. The van der Waals surface area contributed by atoms with Crippen LogP contribution in [0.25, 0.3) is 0 Å². The normalized spacial score (nSPS) is 20.3. The van der Waals surface area contributed by atoms with E-state index in [9.17, 15) is 0 Å². The fraction of sp³-hybridized carbons (Fsp3) is 0. The van der Waals surface area contributed by atoms with Gasteiger partial charge in [0, 0.05) is 17.2 Å². The molecule has 0 radical (unpaired) electrons. The van der Waals surface area contributed by atoms with Crippen molar-refractivity contribution in [3.05, 3.63) is 10.6 Å². The quantitative estimate of drug-likeness (QED) is 0.327. The Balaban J connectivity index is 2.54. The second kappa shape index (κ2) is 2.13. The third kappa shape index (κ3) is 1.16. The molecule has 0 amide bonds. The van der Waals surface area contributed by atoms with Gasteiger partial charge in [-0.1, -0.05) is 11.6 Å². The highest BCUT2D eigenvalue weighted by molar-refractivity contribution is 8.00. The highest BCUT2D eigenvalue weighted by Gasteiger charge is 2.08. The standard InChI is InChI=1S/C2H2Cl2N2S/c3-2-1-7-5-6(2)4/h1,5H. The predicted octanol–water partition coefficient (Wildman–Crippen LogP) is 1.65. The maximum absolute atomic E-state index is 5.43. The lowest BCUT2D eigenvalue weighted by atomic mass is 11.0. The van der Waals surface area contributed by atoms with Crippen LogP contribution in [-0.2, 0) is 0 Å². The molecule has 0 aromatic heterocycles. The number of rotatable bonds is 0. The molecule has 40 valence electrons. The second-order valence-electron chi connectivity index (χ2n) is 0.931. The smallest absolute Gasteiger partial charge is 0.145 e. The second-order valence-corrected chi connectivity index (χ2v) is 2.31. The van der Waals surface area contributed by atoms with Gasteiger partial charge in [0.05, 0.1) is 0 Å². The first-order chi connectivity index (χ1) is 3.30. The van der Waals surface area contributed by atoms with E-state index in [1.807, 2.05) is 0 Å². The average molecular weight is 157 g/mol. The number of hydrogen-bond donors (Lipinski definition) is 1. The SMILES string of the molecule is ClC1=CSNN1Cl. The molecule has 2 nitrogen and oxygen atoms in total. The Bertz CT molecular complexity index is 104. The van der Waals surface area contributed by atoms with Crippen molar-refractivity contribution in [2.24, 2.45) is 0 Å². The third-order valence-electron chi connectivity index (χ3n) is 0.477. The Kier molecular flexibility index (Phi) is 1.69. The molecule has 1 heterocycles. The van der Waals surface area contributed by atoms with Crippen LogP contribution in [0.2, 0.25) is 0 Å². The van der Waals surface area contributed by atoms with Crippen molar-refractivity contribution in [2.45, 2.75) is 0 Å². The van der Waals surface area contributed by atoms with E-state index in [2.05, 4.69) is 4.83 Å². The molecular weight excluding hydrogens is 155 g/mol. The van der Waals surface area contributed by atoms with E-state index in [0.29, 0.717) is 5.16 Å². The number of hydrogen-bond acceptors (Lipinski definition) is 3.